The van der Waals surface area contributed by atoms with Crippen LogP contribution in [0.3, 0.4) is 0 Å². The molecule has 236 valence electrons. The Balaban J connectivity index is 1.43. The molecule has 0 bridgehead atoms. The van der Waals surface area contributed by atoms with Gasteiger partial charge < -0.3 is 28.6 Å². The van der Waals surface area contributed by atoms with E-state index in [1.807, 2.05) is 43.3 Å². The number of rotatable bonds is 13. The van der Waals surface area contributed by atoms with Crippen molar-refractivity contribution < 1.29 is 32.2 Å². The van der Waals surface area contributed by atoms with Crippen LogP contribution in [0.5, 0.6) is 11.5 Å². The van der Waals surface area contributed by atoms with E-state index in [9.17, 15) is 13.2 Å². The van der Waals surface area contributed by atoms with Crippen LogP contribution in [0.15, 0.2) is 71.6 Å². The first kappa shape index (κ1) is 32.0. The Morgan fingerprint density at radius 1 is 1.02 bits per heavy atom. The molecule has 2 aliphatic rings. The average Bonchev–Trinajstić information content (AvgIpc) is 3.04. The molecule has 0 amide bonds. The Labute approximate surface area is 260 Å². The van der Waals surface area contributed by atoms with Gasteiger partial charge in [-0.05, 0) is 67.3 Å². The minimum atomic E-state index is -3.87. The number of fused-ring (bicyclic) bond motifs is 1. The van der Waals surface area contributed by atoms with Crippen molar-refractivity contribution in [3.63, 3.8) is 0 Å². The lowest BCUT2D eigenvalue weighted by molar-refractivity contribution is -0.109. The summed E-state index contributed by atoms with van der Waals surface area (Å²) in [4.78, 5) is 14.3. The number of hydrogen-bond donors (Lipinski definition) is 0. The lowest BCUT2D eigenvalue weighted by Crippen LogP contribution is -2.52. The number of nitrogens with zero attached hydrogens (tertiary/aromatic N) is 2. The fraction of sp³-hybridized carbons (Fsp3) is 0.441. The first-order chi connectivity index (χ1) is 21.3. The fourth-order valence-corrected chi connectivity index (χ4v) is 7.75. The smallest absolute Gasteiger partial charge is 0.243 e. The summed E-state index contributed by atoms with van der Waals surface area (Å²) in [5.74, 6) is 1.46. The maximum atomic E-state index is 13.9. The zero-order chi connectivity index (χ0) is 31.1. The number of aryl methyl sites for hydroxylation is 1. The molecule has 0 saturated carbocycles. The Hall–Kier alpha value is -3.44. The zero-order valence-electron chi connectivity index (χ0n) is 25.7. The van der Waals surface area contributed by atoms with Crippen LogP contribution in [0, 0.1) is 6.92 Å². The summed E-state index contributed by atoms with van der Waals surface area (Å²) >= 11 is 0. The summed E-state index contributed by atoms with van der Waals surface area (Å²) in [6, 6.07) is 20.2. The Morgan fingerprint density at radius 3 is 2.50 bits per heavy atom. The second kappa shape index (κ2) is 14.6. The minimum absolute atomic E-state index is 0.105. The molecule has 0 spiro atoms. The molecule has 0 radical (unpaired) electrons. The topological polar surface area (TPSA) is 94.6 Å². The van der Waals surface area contributed by atoms with Crippen molar-refractivity contribution in [1.29, 1.82) is 0 Å². The van der Waals surface area contributed by atoms with E-state index in [4.69, 9.17) is 18.9 Å². The fourth-order valence-electron chi connectivity index (χ4n) is 6.10. The molecule has 0 unspecified atom stereocenters. The number of methoxy groups -OCH3 is 2. The number of anilines is 1. The van der Waals surface area contributed by atoms with Gasteiger partial charge in [0.15, 0.2) is 0 Å². The summed E-state index contributed by atoms with van der Waals surface area (Å²) in [6.07, 6.45) is 1.83. The lowest BCUT2D eigenvalue weighted by atomic mass is 9.83. The van der Waals surface area contributed by atoms with E-state index >= 15 is 0 Å². The molecule has 3 aromatic carbocycles. The summed E-state index contributed by atoms with van der Waals surface area (Å²) < 4.78 is 52.5. The van der Waals surface area contributed by atoms with Crippen LogP contribution >= 0.6 is 0 Å². The predicted molar refractivity (Wildman–Crippen MR) is 169 cm³/mol. The van der Waals surface area contributed by atoms with Crippen molar-refractivity contribution >= 4 is 22.0 Å². The highest BCUT2D eigenvalue weighted by atomic mass is 32.2. The van der Waals surface area contributed by atoms with Crippen molar-refractivity contribution in [2.24, 2.45) is 0 Å². The number of carbonyl (C=O) groups is 1. The second-order valence-electron chi connectivity index (χ2n) is 11.4. The summed E-state index contributed by atoms with van der Waals surface area (Å²) in [5.41, 5.74) is 3.99. The lowest BCUT2D eigenvalue weighted by Gasteiger charge is -2.43. The van der Waals surface area contributed by atoms with E-state index < -0.39 is 22.2 Å². The number of hydrogen-bond acceptors (Lipinski definition) is 8. The first-order valence-corrected chi connectivity index (χ1v) is 16.6. The van der Waals surface area contributed by atoms with E-state index in [1.54, 1.807) is 38.5 Å². The highest BCUT2D eigenvalue weighted by Gasteiger charge is 2.42. The highest BCUT2D eigenvalue weighted by molar-refractivity contribution is 7.89. The maximum Gasteiger partial charge on any atom is 0.243 e. The van der Waals surface area contributed by atoms with Gasteiger partial charge in [0.05, 0.1) is 36.9 Å². The third-order valence-electron chi connectivity index (χ3n) is 8.51. The number of carbonyl (C=O) groups excluding carboxylic acids is 1. The summed E-state index contributed by atoms with van der Waals surface area (Å²) in [7, 11) is -0.539. The molecule has 9 nitrogen and oxygen atoms in total. The standard InChI is InChI=1S/C34H42N2O7S/c1-25-5-12-30(13-6-25)44(38,39)36-23-34(31(22-28(36)15-18-37)27-8-10-29(41-3)11-9-27)43-24-26-7-14-33-32(21-26)35(17-20-42-33)16-4-19-40-2/h5-14,18,21,28,31,34H,4,15-17,19-20,22-24H2,1-3H3/t28-,31+,34-/m0/s1. The SMILES string of the molecule is COCCCN1CCOc2ccc(CO[C@H]3CN(S(=O)(=O)c4ccc(C)cc4)[C@@H](CC=O)C[C@@H]3c3ccc(OC)cc3)cc21. The normalized spacial score (nSPS) is 20.5. The number of piperidine rings is 1. The van der Waals surface area contributed by atoms with Crippen LogP contribution in [0.4, 0.5) is 5.69 Å². The van der Waals surface area contributed by atoms with Crippen molar-refractivity contribution in [2.75, 3.05) is 52.0 Å². The predicted octanol–water partition coefficient (Wildman–Crippen LogP) is 4.96. The van der Waals surface area contributed by atoms with E-state index in [1.165, 1.54) is 4.31 Å². The molecule has 3 aromatic rings. The largest absolute Gasteiger partial charge is 0.497 e. The molecule has 44 heavy (non-hydrogen) atoms. The van der Waals surface area contributed by atoms with E-state index in [2.05, 4.69) is 11.0 Å². The van der Waals surface area contributed by atoms with Crippen LogP contribution in [0.2, 0.25) is 0 Å². The highest BCUT2D eigenvalue weighted by Crippen LogP contribution is 2.39. The quantitative estimate of drug-likeness (QED) is 0.195. The van der Waals surface area contributed by atoms with E-state index in [0.717, 1.165) is 59.7 Å². The van der Waals surface area contributed by atoms with Crippen LogP contribution in [-0.2, 0) is 30.9 Å². The van der Waals surface area contributed by atoms with Gasteiger partial charge in [0.25, 0.3) is 0 Å². The van der Waals surface area contributed by atoms with Gasteiger partial charge in [0.2, 0.25) is 10.0 Å². The molecule has 5 rings (SSSR count). The Morgan fingerprint density at radius 2 is 1.80 bits per heavy atom. The molecular formula is C34H42N2O7S. The van der Waals surface area contributed by atoms with Crippen LogP contribution in [0.1, 0.15) is 41.9 Å². The average molecular weight is 623 g/mol. The van der Waals surface area contributed by atoms with Gasteiger partial charge in [-0.1, -0.05) is 35.9 Å². The molecule has 1 fully saturated rings. The molecule has 3 atom stereocenters. The molecule has 1 saturated heterocycles. The Bertz CT molecular complexity index is 1500. The van der Waals surface area contributed by atoms with Gasteiger partial charge in [-0.2, -0.15) is 4.31 Å². The number of sulfonamides is 1. The second-order valence-corrected chi connectivity index (χ2v) is 13.3. The number of aldehydes is 1. The molecule has 2 aliphatic heterocycles. The molecular weight excluding hydrogens is 580 g/mol. The van der Waals surface area contributed by atoms with Gasteiger partial charge >= 0.3 is 0 Å². The number of ether oxygens (including phenoxy) is 4. The zero-order valence-corrected chi connectivity index (χ0v) is 26.5. The van der Waals surface area contributed by atoms with Crippen molar-refractivity contribution in [1.82, 2.24) is 4.31 Å². The van der Waals surface area contributed by atoms with Gasteiger partial charge in [-0.3, -0.25) is 0 Å². The van der Waals surface area contributed by atoms with Crippen LogP contribution in [0.25, 0.3) is 0 Å². The van der Waals surface area contributed by atoms with Gasteiger partial charge in [-0.15, -0.1) is 0 Å². The van der Waals surface area contributed by atoms with Crippen molar-refractivity contribution in [3.8, 4) is 11.5 Å². The third kappa shape index (κ3) is 7.26. The molecule has 0 N–H and O–H groups in total. The van der Waals surface area contributed by atoms with Gasteiger partial charge in [0, 0.05) is 45.2 Å². The van der Waals surface area contributed by atoms with Crippen LogP contribution in [-0.4, -0.2) is 78.2 Å². The van der Waals surface area contributed by atoms with Crippen molar-refractivity contribution in [2.45, 2.75) is 55.8 Å². The molecule has 10 heteroatoms. The Kier molecular flexibility index (Phi) is 10.6. The minimum Gasteiger partial charge on any atom is -0.497 e. The summed E-state index contributed by atoms with van der Waals surface area (Å²) in [5, 5.41) is 0. The summed E-state index contributed by atoms with van der Waals surface area (Å²) in [6.45, 7) is 5.33. The van der Waals surface area contributed by atoms with Crippen molar-refractivity contribution in [3.05, 3.63) is 83.4 Å². The third-order valence-corrected chi connectivity index (χ3v) is 10.4. The monoisotopic (exact) mass is 622 g/mol. The number of benzene rings is 3. The maximum absolute atomic E-state index is 13.9. The molecule has 0 aromatic heterocycles. The van der Waals surface area contributed by atoms with Gasteiger partial charge in [-0.25, -0.2) is 8.42 Å². The first-order valence-electron chi connectivity index (χ1n) is 15.1. The molecule has 0 aliphatic carbocycles. The van der Waals surface area contributed by atoms with E-state index in [-0.39, 0.29) is 23.8 Å². The van der Waals surface area contributed by atoms with Gasteiger partial charge in [0.1, 0.15) is 24.4 Å². The molecule has 2 heterocycles. The van der Waals surface area contributed by atoms with Crippen LogP contribution < -0.4 is 14.4 Å². The van der Waals surface area contributed by atoms with E-state index in [0.29, 0.717) is 26.2 Å².